The number of carboxylic acids is 1. The van der Waals surface area contributed by atoms with Crippen LogP contribution in [0.15, 0.2) is 18.2 Å². The number of hydrogen-bond donors (Lipinski definition) is 2. The van der Waals surface area contributed by atoms with Crippen LogP contribution in [0, 0.1) is 0 Å². The highest BCUT2D eigenvalue weighted by Gasteiger charge is 2.44. The van der Waals surface area contributed by atoms with E-state index in [1.807, 2.05) is 0 Å². The number of carbonyl (C=O) groups is 5. The molecule has 1 aromatic carbocycles. The van der Waals surface area contributed by atoms with Crippen molar-refractivity contribution in [2.24, 2.45) is 0 Å². The lowest BCUT2D eigenvalue weighted by Crippen LogP contribution is -2.54. The van der Waals surface area contributed by atoms with Crippen molar-refractivity contribution in [1.82, 2.24) is 10.2 Å². The summed E-state index contributed by atoms with van der Waals surface area (Å²) in [6.07, 6.45) is 4.35. The summed E-state index contributed by atoms with van der Waals surface area (Å²) in [5.41, 5.74) is 1.49. The summed E-state index contributed by atoms with van der Waals surface area (Å²) in [6.45, 7) is 0. The topological polar surface area (TPSA) is 121 Å². The first-order valence-corrected chi connectivity index (χ1v) is 9.45. The number of carbonyl (C=O) groups excluding carboxylic acids is 4. The van der Waals surface area contributed by atoms with Gasteiger partial charge in [-0.3, -0.25) is 34.2 Å². The van der Waals surface area contributed by atoms with Crippen LogP contribution in [0.4, 0.5) is 0 Å². The smallest absolute Gasteiger partial charge is 0.303 e. The second kappa shape index (κ2) is 8.33. The van der Waals surface area contributed by atoms with Crippen LogP contribution in [0.3, 0.4) is 0 Å². The highest BCUT2D eigenvalue weighted by atomic mass is 16.4. The maximum atomic E-state index is 12.7. The van der Waals surface area contributed by atoms with Gasteiger partial charge in [-0.05, 0) is 43.4 Å². The number of rotatable bonds is 8. The molecule has 1 saturated heterocycles. The zero-order chi connectivity index (χ0) is 20.3. The molecule has 1 unspecified atom stereocenters. The Balaban J connectivity index is 1.62. The molecule has 2 heterocycles. The van der Waals surface area contributed by atoms with Gasteiger partial charge in [0.15, 0.2) is 0 Å². The van der Waals surface area contributed by atoms with Crippen LogP contribution in [0.25, 0.3) is 0 Å². The molecule has 0 bridgehead atoms. The fourth-order valence-electron chi connectivity index (χ4n) is 3.63. The normalized spacial score (nSPS) is 19.0. The molecule has 2 aliphatic rings. The van der Waals surface area contributed by atoms with E-state index in [1.54, 1.807) is 18.2 Å². The Hall–Kier alpha value is -3.03. The third-order valence-electron chi connectivity index (χ3n) is 5.11. The third kappa shape index (κ3) is 4.11. The van der Waals surface area contributed by atoms with Crippen LogP contribution in [-0.2, 0) is 20.8 Å². The number of aliphatic carboxylic acids is 1. The van der Waals surface area contributed by atoms with Crippen molar-refractivity contribution in [1.29, 1.82) is 0 Å². The summed E-state index contributed by atoms with van der Waals surface area (Å²) in [6, 6.07) is 4.15. The summed E-state index contributed by atoms with van der Waals surface area (Å²) < 4.78 is 0. The number of imide groups is 2. The van der Waals surface area contributed by atoms with Crippen molar-refractivity contribution >= 4 is 29.6 Å². The van der Waals surface area contributed by atoms with Crippen LogP contribution in [0.1, 0.15) is 71.2 Å². The lowest BCUT2D eigenvalue weighted by molar-refractivity contribution is -0.138. The number of hydrogen-bond acceptors (Lipinski definition) is 5. The molecular weight excluding hydrogens is 364 g/mol. The largest absolute Gasteiger partial charge is 0.481 e. The van der Waals surface area contributed by atoms with Crippen LogP contribution >= 0.6 is 0 Å². The molecule has 28 heavy (non-hydrogen) atoms. The predicted octanol–water partition coefficient (Wildman–Crippen LogP) is 1.67. The summed E-state index contributed by atoms with van der Waals surface area (Å²) in [7, 11) is 0. The van der Waals surface area contributed by atoms with Gasteiger partial charge in [0.1, 0.15) is 6.04 Å². The minimum Gasteiger partial charge on any atom is -0.481 e. The summed E-state index contributed by atoms with van der Waals surface area (Å²) >= 11 is 0. The van der Waals surface area contributed by atoms with Gasteiger partial charge in [-0.2, -0.15) is 0 Å². The van der Waals surface area contributed by atoms with Crippen LogP contribution in [0.2, 0.25) is 0 Å². The van der Waals surface area contributed by atoms with Gasteiger partial charge in [-0.1, -0.05) is 18.9 Å². The molecule has 2 N–H and O–H groups in total. The first-order valence-electron chi connectivity index (χ1n) is 9.45. The van der Waals surface area contributed by atoms with E-state index in [-0.39, 0.29) is 30.4 Å². The average molecular weight is 386 g/mol. The molecule has 1 fully saturated rings. The van der Waals surface area contributed by atoms with Gasteiger partial charge in [-0.15, -0.1) is 0 Å². The molecule has 2 aliphatic heterocycles. The van der Waals surface area contributed by atoms with Gasteiger partial charge in [-0.25, -0.2) is 0 Å². The average Bonchev–Trinajstić information content (AvgIpc) is 2.89. The van der Waals surface area contributed by atoms with E-state index in [1.165, 1.54) is 0 Å². The predicted molar refractivity (Wildman–Crippen MR) is 97.5 cm³/mol. The molecule has 3 rings (SSSR count). The molecule has 0 aliphatic carbocycles. The summed E-state index contributed by atoms with van der Waals surface area (Å²) in [4.78, 5) is 60.2. The molecule has 1 aromatic rings. The molecule has 8 nitrogen and oxygen atoms in total. The third-order valence-corrected chi connectivity index (χ3v) is 5.11. The van der Waals surface area contributed by atoms with Gasteiger partial charge < -0.3 is 5.11 Å². The zero-order valence-corrected chi connectivity index (χ0v) is 15.4. The summed E-state index contributed by atoms with van der Waals surface area (Å²) in [5, 5.41) is 10.8. The molecule has 4 amide bonds. The van der Waals surface area contributed by atoms with Crippen molar-refractivity contribution in [3.8, 4) is 0 Å². The fraction of sp³-hybridized carbons (Fsp3) is 0.450. The highest BCUT2D eigenvalue weighted by molar-refractivity contribution is 6.23. The van der Waals surface area contributed by atoms with E-state index in [0.717, 1.165) is 36.1 Å². The second-order valence-corrected chi connectivity index (χ2v) is 7.14. The Morgan fingerprint density at radius 3 is 2.46 bits per heavy atom. The van der Waals surface area contributed by atoms with E-state index >= 15 is 0 Å². The molecule has 1 atom stereocenters. The molecule has 0 spiro atoms. The molecule has 148 valence electrons. The van der Waals surface area contributed by atoms with Crippen LogP contribution < -0.4 is 5.32 Å². The lowest BCUT2D eigenvalue weighted by atomic mass is 10.0. The number of fused-ring (bicyclic) bond motifs is 1. The molecule has 0 aromatic heterocycles. The number of nitrogens with zero attached hydrogens (tertiary/aromatic N) is 1. The monoisotopic (exact) mass is 386 g/mol. The first kappa shape index (κ1) is 19.7. The van der Waals surface area contributed by atoms with Gasteiger partial charge in [0.25, 0.3) is 11.8 Å². The number of carboxylic acid groups (broad SMARTS) is 1. The van der Waals surface area contributed by atoms with Crippen molar-refractivity contribution in [2.45, 2.75) is 57.4 Å². The van der Waals surface area contributed by atoms with E-state index in [4.69, 9.17) is 5.11 Å². The number of piperidine rings is 1. The number of benzene rings is 1. The molecule has 0 saturated carbocycles. The second-order valence-electron chi connectivity index (χ2n) is 7.14. The molecule has 0 radical (unpaired) electrons. The molecule has 8 heteroatoms. The van der Waals surface area contributed by atoms with Crippen LogP contribution in [-0.4, -0.2) is 45.6 Å². The number of unbranched alkanes of at least 4 members (excludes halogenated alkanes) is 3. The maximum absolute atomic E-state index is 12.7. The van der Waals surface area contributed by atoms with E-state index in [9.17, 15) is 24.0 Å². The summed E-state index contributed by atoms with van der Waals surface area (Å²) in [5.74, 6) is -2.81. The number of amides is 4. The van der Waals surface area contributed by atoms with Crippen molar-refractivity contribution in [2.75, 3.05) is 0 Å². The number of nitrogens with one attached hydrogen (secondary N) is 1. The van der Waals surface area contributed by atoms with Gasteiger partial charge in [0, 0.05) is 12.8 Å². The Kier molecular flexibility index (Phi) is 5.87. The van der Waals surface area contributed by atoms with Crippen molar-refractivity contribution in [3.63, 3.8) is 0 Å². The first-order chi connectivity index (χ1) is 13.4. The quantitative estimate of drug-likeness (QED) is 0.518. The van der Waals surface area contributed by atoms with E-state index in [2.05, 4.69) is 5.32 Å². The number of aryl methyl sites for hydroxylation is 1. The minimum absolute atomic E-state index is 0.0942. The maximum Gasteiger partial charge on any atom is 0.303 e. The zero-order valence-electron chi connectivity index (χ0n) is 15.4. The Bertz CT molecular complexity index is 847. The van der Waals surface area contributed by atoms with Crippen molar-refractivity contribution in [3.05, 3.63) is 34.9 Å². The SMILES string of the molecule is O=C(O)CCCCCCc1ccc2c(c1)C(=O)N(C1CCC(=O)NC1=O)C2=O. The Labute approximate surface area is 161 Å². The van der Waals surface area contributed by atoms with Gasteiger partial charge in [0.05, 0.1) is 11.1 Å². The highest BCUT2D eigenvalue weighted by Crippen LogP contribution is 2.28. The Morgan fingerprint density at radius 2 is 1.75 bits per heavy atom. The minimum atomic E-state index is -0.956. The van der Waals surface area contributed by atoms with E-state index in [0.29, 0.717) is 6.42 Å². The molecular formula is C20H22N2O6. The van der Waals surface area contributed by atoms with Crippen LogP contribution in [0.5, 0.6) is 0 Å². The fourth-order valence-corrected chi connectivity index (χ4v) is 3.63. The van der Waals surface area contributed by atoms with Gasteiger partial charge >= 0.3 is 5.97 Å². The lowest BCUT2D eigenvalue weighted by Gasteiger charge is -2.27. The van der Waals surface area contributed by atoms with Crippen molar-refractivity contribution < 1.29 is 29.1 Å². The standard InChI is InChI=1S/C20H22N2O6/c23-16-10-9-15(18(26)21-16)22-19(27)13-8-7-12(11-14(13)20(22)28)5-3-1-2-4-6-17(24)25/h7-8,11,15H,1-6,9-10H2,(H,24,25)(H,21,23,26). The Morgan fingerprint density at radius 1 is 1.04 bits per heavy atom. The van der Waals surface area contributed by atoms with Gasteiger partial charge in [0.2, 0.25) is 11.8 Å². The van der Waals surface area contributed by atoms with E-state index < -0.39 is 35.6 Å².